The van der Waals surface area contributed by atoms with Gasteiger partial charge >= 0.3 is 0 Å². The summed E-state index contributed by atoms with van der Waals surface area (Å²) >= 11 is 1.56. The molecule has 4 heteroatoms. The van der Waals surface area contributed by atoms with Crippen LogP contribution in [0.3, 0.4) is 0 Å². The van der Waals surface area contributed by atoms with Crippen molar-refractivity contribution in [3.8, 4) is 0 Å². The van der Waals surface area contributed by atoms with E-state index in [9.17, 15) is 4.79 Å². The number of anilines is 1. The number of fused-ring (bicyclic) bond motifs is 1. The van der Waals surface area contributed by atoms with Gasteiger partial charge in [-0.05, 0) is 29.7 Å². The maximum absolute atomic E-state index is 11.7. The third kappa shape index (κ3) is 1.31. The van der Waals surface area contributed by atoms with Crippen LogP contribution in [0.2, 0.25) is 0 Å². The lowest BCUT2D eigenvalue weighted by molar-refractivity contribution is -0.110. The van der Waals surface area contributed by atoms with Gasteiger partial charge in [-0.1, -0.05) is 0 Å². The van der Waals surface area contributed by atoms with Crippen molar-refractivity contribution in [2.75, 3.05) is 5.32 Å². The summed E-state index contributed by atoms with van der Waals surface area (Å²) in [7, 11) is 1.97. The van der Waals surface area contributed by atoms with Gasteiger partial charge in [0, 0.05) is 24.5 Å². The summed E-state index contributed by atoms with van der Waals surface area (Å²) in [6.07, 6.45) is 3.89. The van der Waals surface area contributed by atoms with Gasteiger partial charge in [0.15, 0.2) is 0 Å². The number of aryl methyl sites for hydroxylation is 1. The van der Waals surface area contributed by atoms with Crippen LogP contribution in [-0.2, 0) is 11.8 Å². The molecule has 0 saturated heterocycles. The summed E-state index contributed by atoms with van der Waals surface area (Å²) in [5, 5.41) is 5.80. The molecule has 0 aromatic carbocycles. The van der Waals surface area contributed by atoms with E-state index in [1.54, 1.807) is 11.3 Å². The molecule has 80 valence electrons. The van der Waals surface area contributed by atoms with Crippen LogP contribution in [0.4, 0.5) is 5.00 Å². The fourth-order valence-electron chi connectivity index (χ4n) is 1.83. The topological polar surface area (TPSA) is 34.0 Å². The van der Waals surface area contributed by atoms with Crippen LogP contribution >= 0.6 is 11.3 Å². The molecule has 0 aliphatic carbocycles. The number of rotatable bonds is 1. The van der Waals surface area contributed by atoms with Gasteiger partial charge in [0.2, 0.25) is 0 Å². The third-order valence-corrected chi connectivity index (χ3v) is 3.53. The molecule has 1 aliphatic heterocycles. The second-order valence-electron chi connectivity index (χ2n) is 3.72. The van der Waals surface area contributed by atoms with Crippen LogP contribution in [0.25, 0.3) is 11.6 Å². The highest BCUT2D eigenvalue weighted by atomic mass is 32.1. The van der Waals surface area contributed by atoms with Gasteiger partial charge in [-0.2, -0.15) is 0 Å². The van der Waals surface area contributed by atoms with Crippen molar-refractivity contribution in [2.45, 2.75) is 0 Å². The van der Waals surface area contributed by atoms with E-state index in [0.717, 1.165) is 21.8 Å². The van der Waals surface area contributed by atoms with Crippen LogP contribution in [0, 0.1) is 0 Å². The number of carbonyl (C=O) groups excluding carboxylic acids is 1. The van der Waals surface area contributed by atoms with Gasteiger partial charge in [-0.3, -0.25) is 4.79 Å². The average Bonchev–Trinajstić information content (AvgIpc) is 2.89. The number of amides is 1. The first-order valence-corrected chi connectivity index (χ1v) is 5.86. The molecule has 0 unspecified atom stereocenters. The van der Waals surface area contributed by atoms with Gasteiger partial charge in [0.05, 0.1) is 5.57 Å². The maximum Gasteiger partial charge on any atom is 0.257 e. The Morgan fingerprint density at radius 1 is 1.44 bits per heavy atom. The smallest absolute Gasteiger partial charge is 0.257 e. The van der Waals surface area contributed by atoms with E-state index in [-0.39, 0.29) is 5.91 Å². The minimum atomic E-state index is -0.0111. The van der Waals surface area contributed by atoms with Crippen LogP contribution < -0.4 is 5.32 Å². The molecule has 3 nitrogen and oxygen atoms in total. The lowest BCUT2D eigenvalue weighted by Crippen LogP contribution is -2.04. The summed E-state index contributed by atoms with van der Waals surface area (Å²) in [4.78, 5) is 11.7. The maximum atomic E-state index is 11.7. The van der Waals surface area contributed by atoms with Crippen molar-refractivity contribution >= 4 is 33.9 Å². The summed E-state index contributed by atoms with van der Waals surface area (Å²) in [6.45, 7) is 0. The van der Waals surface area contributed by atoms with Gasteiger partial charge in [-0.15, -0.1) is 11.3 Å². The van der Waals surface area contributed by atoms with E-state index in [1.165, 1.54) is 0 Å². The SMILES string of the molecule is Cn1cccc1C=C1C(=O)Nc2sccc21. The van der Waals surface area contributed by atoms with Crippen LogP contribution in [-0.4, -0.2) is 10.5 Å². The summed E-state index contributed by atoms with van der Waals surface area (Å²) in [5.41, 5.74) is 2.79. The minimum Gasteiger partial charge on any atom is -0.351 e. The fourth-order valence-corrected chi connectivity index (χ4v) is 2.62. The minimum absolute atomic E-state index is 0.0111. The van der Waals surface area contributed by atoms with Crippen LogP contribution in [0.1, 0.15) is 11.3 Å². The van der Waals surface area contributed by atoms with E-state index >= 15 is 0 Å². The highest BCUT2D eigenvalue weighted by Crippen LogP contribution is 2.37. The Kier molecular flexibility index (Phi) is 1.97. The zero-order chi connectivity index (χ0) is 11.1. The van der Waals surface area contributed by atoms with Gasteiger partial charge in [0.25, 0.3) is 5.91 Å². The zero-order valence-corrected chi connectivity index (χ0v) is 9.54. The monoisotopic (exact) mass is 230 g/mol. The molecule has 1 amide bonds. The molecule has 0 radical (unpaired) electrons. The number of nitrogens with zero attached hydrogens (tertiary/aromatic N) is 1. The molecule has 0 saturated carbocycles. The molecule has 16 heavy (non-hydrogen) atoms. The number of thiophene rings is 1. The van der Waals surface area contributed by atoms with Crippen molar-refractivity contribution in [3.63, 3.8) is 0 Å². The highest BCUT2D eigenvalue weighted by Gasteiger charge is 2.25. The molecular weight excluding hydrogens is 220 g/mol. The van der Waals surface area contributed by atoms with Crippen LogP contribution in [0.5, 0.6) is 0 Å². The van der Waals surface area contributed by atoms with Crippen molar-refractivity contribution in [3.05, 3.63) is 41.0 Å². The third-order valence-electron chi connectivity index (χ3n) is 2.70. The molecular formula is C12H10N2OS. The second kappa shape index (κ2) is 3.35. The van der Waals surface area contributed by atoms with Crippen molar-refractivity contribution in [1.29, 1.82) is 0 Å². The van der Waals surface area contributed by atoms with Crippen molar-refractivity contribution in [2.24, 2.45) is 7.05 Å². The summed E-state index contributed by atoms with van der Waals surface area (Å²) in [5.74, 6) is -0.0111. The van der Waals surface area contributed by atoms with E-state index in [2.05, 4.69) is 5.32 Å². The number of nitrogens with one attached hydrogen (secondary N) is 1. The average molecular weight is 230 g/mol. The standard InChI is InChI=1S/C12H10N2OS/c1-14-5-2-3-8(14)7-10-9-4-6-16-12(9)13-11(10)15/h2-7H,1H3,(H,13,15). The molecule has 2 aromatic heterocycles. The molecule has 0 fully saturated rings. The Morgan fingerprint density at radius 3 is 3.06 bits per heavy atom. The molecule has 1 aliphatic rings. The Labute approximate surface area is 97.0 Å². The quantitative estimate of drug-likeness (QED) is 0.751. The lowest BCUT2D eigenvalue weighted by Gasteiger charge is -1.98. The second-order valence-corrected chi connectivity index (χ2v) is 4.64. The molecule has 3 heterocycles. The first-order valence-electron chi connectivity index (χ1n) is 4.98. The Balaban J connectivity index is 2.11. The molecule has 0 atom stereocenters. The molecule has 0 bridgehead atoms. The van der Waals surface area contributed by atoms with Crippen molar-refractivity contribution in [1.82, 2.24) is 4.57 Å². The number of aromatic nitrogens is 1. The Morgan fingerprint density at radius 2 is 2.31 bits per heavy atom. The molecule has 1 N–H and O–H groups in total. The van der Waals surface area contributed by atoms with E-state index in [4.69, 9.17) is 0 Å². The highest BCUT2D eigenvalue weighted by molar-refractivity contribution is 7.15. The lowest BCUT2D eigenvalue weighted by atomic mass is 10.1. The van der Waals surface area contributed by atoms with Gasteiger partial charge in [0.1, 0.15) is 5.00 Å². The van der Waals surface area contributed by atoms with Crippen LogP contribution in [0.15, 0.2) is 29.8 Å². The van der Waals surface area contributed by atoms with E-state index in [0.29, 0.717) is 0 Å². The van der Waals surface area contributed by atoms with E-state index in [1.807, 2.05) is 47.5 Å². The van der Waals surface area contributed by atoms with E-state index < -0.39 is 0 Å². The predicted octanol–water partition coefficient (Wildman–Crippen LogP) is 2.58. The first kappa shape index (κ1) is 9.42. The Bertz CT molecular complexity index is 592. The fraction of sp³-hybridized carbons (Fsp3) is 0.0833. The summed E-state index contributed by atoms with van der Waals surface area (Å²) in [6, 6.07) is 5.94. The van der Waals surface area contributed by atoms with Gasteiger partial charge in [-0.25, -0.2) is 0 Å². The number of carbonyl (C=O) groups is 1. The molecule has 3 rings (SSSR count). The van der Waals surface area contributed by atoms with Gasteiger partial charge < -0.3 is 9.88 Å². The number of hydrogen-bond donors (Lipinski definition) is 1. The Hall–Kier alpha value is -1.81. The largest absolute Gasteiger partial charge is 0.351 e. The molecule has 0 spiro atoms. The molecule has 2 aromatic rings. The summed E-state index contributed by atoms with van der Waals surface area (Å²) < 4.78 is 1.99. The normalized spacial score (nSPS) is 16.6. The zero-order valence-electron chi connectivity index (χ0n) is 8.73. The predicted molar refractivity (Wildman–Crippen MR) is 66.2 cm³/mol. The number of hydrogen-bond acceptors (Lipinski definition) is 2. The van der Waals surface area contributed by atoms with Crippen molar-refractivity contribution < 1.29 is 4.79 Å². The first-order chi connectivity index (χ1) is 7.75.